The van der Waals surface area contributed by atoms with E-state index in [-0.39, 0.29) is 34.9 Å². The summed E-state index contributed by atoms with van der Waals surface area (Å²) in [7, 11) is 0. The third kappa shape index (κ3) is 2.28. The Morgan fingerprint density at radius 3 is 2.65 bits per heavy atom. The van der Waals surface area contributed by atoms with Crippen molar-refractivity contribution in [2.24, 2.45) is 40.4 Å². The van der Waals surface area contributed by atoms with Gasteiger partial charge in [-0.25, -0.2) is 0 Å². The Morgan fingerprint density at radius 1 is 1.23 bits per heavy atom. The van der Waals surface area contributed by atoms with Gasteiger partial charge in [0.05, 0.1) is 0 Å². The number of rotatable bonds is 2. The molecular formula is C23H32O3. The van der Waals surface area contributed by atoms with Crippen molar-refractivity contribution in [3.8, 4) is 0 Å². The van der Waals surface area contributed by atoms with Crippen LogP contribution in [0.3, 0.4) is 0 Å². The lowest BCUT2D eigenvalue weighted by Crippen LogP contribution is -2.47. The molecule has 4 rings (SSSR count). The van der Waals surface area contributed by atoms with Crippen molar-refractivity contribution in [2.45, 2.75) is 59.8 Å². The minimum atomic E-state index is -0.332. The van der Waals surface area contributed by atoms with Crippen LogP contribution in [0.5, 0.6) is 0 Å². The van der Waals surface area contributed by atoms with E-state index in [0.717, 1.165) is 25.7 Å². The number of hydrogen-bond donors (Lipinski definition) is 1. The van der Waals surface area contributed by atoms with Crippen LogP contribution in [0.4, 0.5) is 0 Å². The van der Waals surface area contributed by atoms with Gasteiger partial charge in [-0.1, -0.05) is 44.9 Å². The Hall–Kier alpha value is -1.22. The van der Waals surface area contributed by atoms with Crippen LogP contribution in [0.25, 0.3) is 0 Å². The van der Waals surface area contributed by atoms with Gasteiger partial charge in [0.1, 0.15) is 6.61 Å². The van der Waals surface area contributed by atoms with Gasteiger partial charge in [-0.15, -0.1) is 0 Å². The van der Waals surface area contributed by atoms with E-state index in [0.29, 0.717) is 30.1 Å². The highest BCUT2D eigenvalue weighted by atomic mass is 16.3. The molecule has 3 heteroatoms. The van der Waals surface area contributed by atoms with Gasteiger partial charge in [0.15, 0.2) is 11.6 Å². The molecule has 3 nitrogen and oxygen atoms in total. The van der Waals surface area contributed by atoms with E-state index in [1.807, 2.05) is 6.08 Å². The van der Waals surface area contributed by atoms with E-state index >= 15 is 0 Å². The molecule has 0 aliphatic heterocycles. The van der Waals surface area contributed by atoms with Crippen molar-refractivity contribution in [3.63, 3.8) is 0 Å². The van der Waals surface area contributed by atoms with Gasteiger partial charge in [-0.3, -0.25) is 9.59 Å². The zero-order valence-corrected chi connectivity index (χ0v) is 16.5. The zero-order valence-electron chi connectivity index (χ0n) is 16.5. The number of hydrogen-bond acceptors (Lipinski definition) is 3. The molecule has 0 spiro atoms. The molecule has 0 aromatic heterocycles. The molecule has 0 amide bonds. The topological polar surface area (TPSA) is 54.4 Å². The fourth-order valence-electron chi connectivity index (χ4n) is 7.42. The Balaban J connectivity index is 1.77. The van der Waals surface area contributed by atoms with Crippen LogP contribution < -0.4 is 0 Å². The number of aliphatic hydroxyl groups is 1. The van der Waals surface area contributed by atoms with Crippen molar-refractivity contribution < 1.29 is 14.7 Å². The van der Waals surface area contributed by atoms with Crippen LogP contribution in [0.15, 0.2) is 23.3 Å². The maximum absolute atomic E-state index is 12.5. The van der Waals surface area contributed by atoms with Gasteiger partial charge in [0.2, 0.25) is 0 Å². The van der Waals surface area contributed by atoms with Crippen molar-refractivity contribution in [1.82, 2.24) is 0 Å². The lowest BCUT2D eigenvalue weighted by Gasteiger charge is -2.55. The molecule has 0 saturated heterocycles. The number of carbonyl (C=O) groups is 2. The third-order valence-electron chi connectivity index (χ3n) is 8.50. The summed E-state index contributed by atoms with van der Waals surface area (Å²) in [6.07, 6.45) is 9.04. The summed E-state index contributed by atoms with van der Waals surface area (Å²) in [4.78, 5) is 24.6. The van der Waals surface area contributed by atoms with Crippen LogP contribution in [-0.2, 0) is 9.59 Å². The van der Waals surface area contributed by atoms with E-state index in [9.17, 15) is 14.7 Å². The lowest BCUT2D eigenvalue weighted by molar-refractivity contribution is -0.131. The number of allylic oxidation sites excluding steroid dienone is 4. The lowest BCUT2D eigenvalue weighted by atomic mass is 9.49. The van der Waals surface area contributed by atoms with Crippen molar-refractivity contribution >= 4 is 11.6 Å². The highest BCUT2D eigenvalue weighted by Gasteiger charge is 2.60. The molecule has 2 fully saturated rings. The summed E-state index contributed by atoms with van der Waals surface area (Å²) < 4.78 is 0. The predicted octanol–water partition coefficient (Wildman–Crippen LogP) is 4.11. The highest BCUT2D eigenvalue weighted by Crippen LogP contribution is 2.66. The first-order valence-corrected chi connectivity index (χ1v) is 10.3. The quantitative estimate of drug-likeness (QED) is 0.758. The molecule has 26 heavy (non-hydrogen) atoms. The van der Waals surface area contributed by atoms with Crippen LogP contribution >= 0.6 is 0 Å². The van der Waals surface area contributed by atoms with Crippen LogP contribution in [-0.4, -0.2) is 23.3 Å². The summed E-state index contributed by atoms with van der Waals surface area (Å²) in [6.45, 7) is 8.77. The number of carbonyl (C=O) groups excluding carboxylic acids is 2. The molecule has 0 aromatic rings. The summed E-state index contributed by atoms with van der Waals surface area (Å²) in [6, 6.07) is 0. The van der Waals surface area contributed by atoms with Crippen molar-refractivity contribution in [1.29, 1.82) is 0 Å². The monoisotopic (exact) mass is 356 g/mol. The summed E-state index contributed by atoms with van der Waals surface area (Å²) in [5.74, 6) is 2.07. The molecule has 2 unspecified atom stereocenters. The van der Waals surface area contributed by atoms with E-state index in [1.165, 1.54) is 5.57 Å². The molecule has 0 bridgehead atoms. The summed E-state index contributed by atoms with van der Waals surface area (Å²) in [5, 5.41) is 9.51. The van der Waals surface area contributed by atoms with Gasteiger partial charge in [-0.2, -0.15) is 0 Å². The number of fused-ring (bicyclic) bond motifs is 5. The second-order valence-corrected chi connectivity index (χ2v) is 9.93. The molecule has 4 aliphatic carbocycles. The first-order chi connectivity index (χ1) is 12.2. The maximum Gasteiger partial charge on any atom is 0.162 e. The largest absolute Gasteiger partial charge is 0.389 e. The molecule has 1 N–H and O–H groups in total. The second-order valence-electron chi connectivity index (χ2n) is 9.93. The van der Waals surface area contributed by atoms with Gasteiger partial charge < -0.3 is 5.11 Å². The minimum Gasteiger partial charge on any atom is -0.389 e. The van der Waals surface area contributed by atoms with Crippen LogP contribution in [0, 0.1) is 40.4 Å². The van der Waals surface area contributed by atoms with Crippen molar-refractivity contribution in [3.05, 3.63) is 23.3 Å². The first-order valence-electron chi connectivity index (χ1n) is 10.3. The minimum absolute atomic E-state index is 0.0247. The molecule has 2 saturated carbocycles. The molecule has 0 heterocycles. The number of aliphatic hydroxyl groups excluding tert-OH is 1. The van der Waals surface area contributed by atoms with E-state index in [4.69, 9.17) is 0 Å². The van der Waals surface area contributed by atoms with E-state index in [2.05, 4.69) is 33.8 Å². The molecular weight excluding hydrogens is 324 g/mol. The average molecular weight is 357 g/mol. The number of ketones is 2. The third-order valence-corrected chi connectivity index (χ3v) is 8.50. The van der Waals surface area contributed by atoms with Crippen LogP contribution in [0.1, 0.15) is 59.8 Å². The summed E-state index contributed by atoms with van der Waals surface area (Å²) in [5.41, 5.74) is 2.88. The second kappa shape index (κ2) is 5.89. The Bertz CT molecular complexity index is 717. The molecule has 4 aliphatic rings. The smallest absolute Gasteiger partial charge is 0.162 e. The fourth-order valence-corrected chi connectivity index (χ4v) is 7.42. The van der Waals surface area contributed by atoms with E-state index in [1.54, 1.807) is 5.57 Å². The zero-order chi connectivity index (χ0) is 18.9. The summed E-state index contributed by atoms with van der Waals surface area (Å²) >= 11 is 0. The standard InChI is InChI=1S/C23H32O3/c1-13-9-16-17(22(3)7-5-15(25)11-18(13)22)6-8-23(4)19(16)10-14(2)21(23)20(26)12-24/h6,11,13-14,16,19,21,24H,5,7-10,12H2,1-4H3/t13-,14+,16?,19?,21+,22+,23-/m0/s1. The Labute approximate surface area is 156 Å². The number of Topliss-reactive ketones (excluding diaryl/α,β-unsaturated/α-hetero) is 1. The Kier molecular flexibility index (Phi) is 4.11. The van der Waals surface area contributed by atoms with Crippen LogP contribution in [0.2, 0.25) is 0 Å². The first kappa shape index (κ1) is 18.2. The SMILES string of the molecule is C[C@@H]1CC2C3C[C@H](C)C4=CC(=O)CC[C@]4(C)C3=CC[C@]2(C)[C@H]1C(=O)CO. The average Bonchev–Trinajstić information content (AvgIpc) is 2.86. The van der Waals surface area contributed by atoms with Gasteiger partial charge in [0.25, 0.3) is 0 Å². The molecule has 0 radical (unpaired) electrons. The Morgan fingerprint density at radius 2 is 1.96 bits per heavy atom. The molecule has 142 valence electrons. The molecule has 7 atom stereocenters. The van der Waals surface area contributed by atoms with Gasteiger partial charge in [0, 0.05) is 17.8 Å². The molecule has 0 aromatic carbocycles. The maximum atomic E-state index is 12.5. The fraction of sp³-hybridized carbons (Fsp3) is 0.739. The highest BCUT2D eigenvalue weighted by molar-refractivity contribution is 5.92. The van der Waals surface area contributed by atoms with Gasteiger partial charge in [-0.05, 0) is 60.8 Å². The predicted molar refractivity (Wildman–Crippen MR) is 101 cm³/mol. The normalized spacial score (nSPS) is 47.4. The van der Waals surface area contributed by atoms with Gasteiger partial charge >= 0.3 is 0 Å². The van der Waals surface area contributed by atoms with E-state index < -0.39 is 0 Å². The van der Waals surface area contributed by atoms with Crippen molar-refractivity contribution in [2.75, 3.05) is 6.61 Å².